The van der Waals surface area contributed by atoms with Crippen LogP contribution in [0.15, 0.2) is 0 Å². The summed E-state index contributed by atoms with van der Waals surface area (Å²) in [5.41, 5.74) is 0. The first-order valence-corrected chi connectivity index (χ1v) is 6.06. The number of hydrogen-bond donors (Lipinski definition) is 0. The van der Waals surface area contributed by atoms with Gasteiger partial charge in [-0.15, -0.1) is 0 Å². The van der Waals surface area contributed by atoms with E-state index in [1.807, 2.05) is 0 Å². The summed E-state index contributed by atoms with van der Waals surface area (Å²) in [6, 6.07) is 1.52. The van der Waals surface area contributed by atoms with Gasteiger partial charge in [0.25, 0.3) is 0 Å². The summed E-state index contributed by atoms with van der Waals surface area (Å²) in [5, 5.41) is 0. The number of hydrogen-bond acceptors (Lipinski definition) is 3. The maximum atomic E-state index is 10.7. The van der Waals surface area contributed by atoms with Crippen LogP contribution in [-0.2, 0) is 9.53 Å². The minimum Gasteiger partial charge on any atom is -0.465 e. The fourth-order valence-electron chi connectivity index (χ4n) is 3.21. The first-order valence-electron chi connectivity index (χ1n) is 6.06. The molecule has 3 heteroatoms. The van der Waals surface area contributed by atoms with Crippen LogP contribution in [-0.4, -0.2) is 36.1 Å². The molecule has 2 fully saturated rings. The van der Waals surface area contributed by atoms with Gasteiger partial charge in [0.2, 0.25) is 0 Å². The minimum absolute atomic E-state index is 0.160. The molecule has 2 aliphatic heterocycles. The zero-order chi connectivity index (χ0) is 10.8. The van der Waals surface area contributed by atoms with E-state index in [0.717, 1.165) is 24.5 Å². The van der Waals surface area contributed by atoms with Crippen molar-refractivity contribution in [3.63, 3.8) is 0 Å². The van der Waals surface area contributed by atoms with Crippen molar-refractivity contribution in [3.05, 3.63) is 0 Å². The van der Waals surface area contributed by atoms with E-state index in [0.29, 0.717) is 6.61 Å². The van der Waals surface area contributed by atoms with E-state index in [1.165, 1.54) is 32.6 Å². The molecule has 2 aliphatic rings. The molecule has 2 unspecified atom stereocenters. The number of piperidine rings is 1. The summed E-state index contributed by atoms with van der Waals surface area (Å²) >= 11 is 0. The lowest BCUT2D eigenvalue weighted by atomic mass is 9.92. The molecular formula is C12H21NO2. The highest BCUT2D eigenvalue weighted by Crippen LogP contribution is 2.37. The summed E-state index contributed by atoms with van der Waals surface area (Å²) in [7, 11) is 0. The van der Waals surface area contributed by atoms with Crippen LogP contribution in [0.5, 0.6) is 0 Å². The third-order valence-corrected chi connectivity index (χ3v) is 3.77. The van der Waals surface area contributed by atoms with Gasteiger partial charge in [-0.25, -0.2) is 0 Å². The average molecular weight is 211 g/mol. The predicted molar refractivity (Wildman–Crippen MR) is 58.5 cm³/mol. The third-order valence-electron chi connectivity index (χ3n) is 3.77. The lowest BCUT2D eigenvalue weighted by Gasteiger charge is -2.37. The number of fused-ring (bicyclic) bond motifs is 2. The number of nitrogens with zero attached hydrogens (tertiary/aromatic N) is 1. The lowest BCUT2D eigenvalue weighted by molar-refractivity contribution is -0.141. The van der Waals surface area contributed by atoms with Crippen LogP contribution in [0.1, 0.15) is 39.5 Å². The van der Waals surface area contributed by atoms with Gasteiger partial charge in [-0.05, 0) is 31.6 Å². The van der Waals surface area contributed by atoms with Gasteiger partial charge in [0.1, 0.15) is 6.61 Å². The van der Waals surface area contributed by atoms with Gasteiger partial charge in [0.15, 0.2) is 0 Å². The summed E-state index contributed by atoms with van der Waals surface area (Å²) in [6.07, 6.45) is 5.34. The zero-order valence-electron chi connectivity index (χ0n) is 9.74. The lowest BCUT2D eigenvalue weighted by Crippen LogP contribution is -2.44. The second kappa shape index (κ2) is 4.52. The molecule has 0 spiro atoms. The van der Waals surface area contributed by atoms with Gasteiger partial charge in [-0.3, -0.25) is 9.69 Å². The van der Waals surface area contributed by atoms with E-state index in [9.17, 15) is 4.79 Å². The maximum absolute atomic E-state index is 10.7. The molecule has 2 rings (SSSR count). The normalized spacial score (nSPS) is 35.5. The van der Waals surface area contributed by atoms with E-state index in [4.69, 9.17) is 4.74 Å². The van der Waals surface area contributed by atoms with Crippen molar-refractivity contribution < 1.29 is 9.53 Å². The Kier molecular flexibility index (Phi) is 3.29. The standard InChI is InChI=1S/C12H21NO2/c1-9-7-11-3-4-12(8-9)13(11)5-6-15-10(2)14/h9,11-12H,3-8H2,1-2H3. The van der Waals surface area contributed by atoms with E-state index in [2.05, 4.69) is 11.8 Å². The topological polar surface area (TPSA) is 29.5 Å². The Labute approximate surface area is 91.8 Å². The summed E-state index contributed by atoms with van der Waals surface area (Å²) in [4.78, 5) is 13.2. The van der Waals surface area contributed by atoms with E-state index >= 15 is 0 Å². The van der Waals surface area contributed by atoms with Crippen molar-refractivity contribution in [2.45, 2.75) is 51.6 Å². The van der Waals surface area contributed by atoms with Crippen LogP contribution in [0.4, 0.5) is 0 Å². The highest BCUT2D eigenvalue weighted by Gasteiger charge is 2.38. The van der Waals surface area contributed by atoms with Crippen LogP contribution in [0.3, 0.4) is 0 Å². The van der Waals surface area contributed by atoms with Crippen molar-refractivity contribution >= 4 is 5.97 Å². The van der Waals surface area contributed by atoms with E-state index < -0.39 is 0 Å². The van der Waals surface area contributed by atoms with Crippen LogP contribution in [0.25, 0.3) is 0 Å². The number of rotatable bonds is 3. The minimum atomic E-state index is -0.160. The van der Waals surface area contributed by atoms with Crippen molar-refractivity contribution in [1.82, 2.24) is 4.90 Å². The molecule has 2 atom stereocenters. The quantitative estimate of drug-likeness (QED) is 0.667. The second-order valence-corrected chi connectivity index (χ2v) is 5.04. The smallest absolute Gasteiger partial charge is 0.302 e. The molecule has 0 N–H and O–H groups in total. The van der Waals surface area contributed by atoms with Gasteiger partial charge in [0.05, 0.1) is 0 Å². The molecule has 0 aromatic carbocycles. The SMILES string of the molecule is CC(=O)OCCN1C2CCC1CC(C)C2. The molecule has 2 saturated heterocycles. The van der Waals surface area contributed by atoms with Gasteiger partial charge >= 0.3 is 5.97 Å². The largest absolute Gasteiger partial charge is 0.465 e. The van der Waals surface area contributed by atoms with Gasteiger partial charge in [-0.2, -0.15) is 0 Å². The van der Waals surface area contributed by atoms with Crippen LogP contribution in [0.2, 0.25) is 0 Å². The molecule has 0 aromatic rings. The number of esters is 1. The molecule has 0 aliphatic carbocycles. The molecule has 2 bridgehead atoms. The first kappa shape index (κ1) is 10.9. The number of carbonyl (C=O) groups is 1. The highest BCUT2D eigenvalue weighted by molar-refractivity contribution is 5.65. The van der Waals surface area contributed by atoms with Gasteiger partial charge in [0, 0.05) is 25.6 Å². The molecule has 0 radical (unpaired) electrons. The van der Waals surface area contributed by atoms with Gasteiger partial charge < -0.3 is 4.74 Å². The number of carbonyl (C=O) groups excluding carboxylic acids is 1. The zero-order valence-corrected chi connectivity index (χ0v) is 9.74. The van der Waals surface area contributed by atoms with Crippen molar-refractivity contribution in [2.75, 3.05) is 13.2 Å². The molecule has 15 heavy (non-hydrogen) atoms. The third kappa shape index (κ3) is 2.51. The Bertz CT molecular complexity index is 228. The average Bonchev–Trinajstić information content (AvgIpc) is 2.42. The molecule has 86 valence electrons. The Morgan fingerprint density at radius 1 is 1.33 bits per heavy atom. The Balaban J connectivity index is 1.81. The molecule has 0 aromatic heterocycles. The Hall–Kier alpha value is -0.570. The van der Waals surface area contributed by atoms with Crippen LogP contribution in [0, 0.1) is 5.92 Å². The fourth-order valence-corrected chi connectivity index (χ4v) is 3.21. The Morgan fingerprint density at radius 3 is 2.47 bits per heavy atom. The molecular weight excluding hydrogens is 190 g/mol. The van der Waals surface area contributed by atoms with Crippen molar-refractivity contribution in [1.29, 1.82) is 0 Å². The van der Waals surface area contributed by atoms with Crippen molar-refractivity contribution in [3.8, 4) is 0 Å². The molecule has 0 saturated carbocycles. The summed E-state index contributed by atoms with van der Waals surface area (Å²) < 4.78 is 5.02. The highest BCUT2D eigenvalue weighted by atomic mass is 16.5. The van der Waals surface area contributed by atoms with E-state index in [-0.39, 0.29) is 5.97 Å². The molecule has 2 heterocycles. The molecule has 3 nitrogen and oxygen atoms in total. The van der Waals surface area contributed by atoms with Crippen LogP contribution >= 0.6 is 0 Å². The fraction of sp³-hybridized carbons (Fsp3) is 0.917. The number of ether oxygens (including phenoxy) is 1. The summed E-state index contributed by atoms with van der Waals surface area (Å²) in [5.74, 6) is 0.722. The predicted octanol–water partition coefficient (Wildman–Crippen LogP) is 1.81. The molecule has 0 amide bonds. The second-order valence-electron chi connectivity index (χ2n) is 5.04. The van der Waals surface area contributed by atoms with Crippen molar-refractivity contribution in [2.24, 2.45) is 5.92 Å². The Morgan fingerprint density at radius 2 is 1.93 bits per heavy atom. The monoisotopic (exact) mass is 211 g/mol. The van der Waals surface area contributed by atoms with Gasteiger partial charge in [-0.1, -0.05) is 6.92 Å². The summed E-state index contributed by atoms with van der Waals surface area (Å²) in [6.45, 7) is 5.33. The first-order chi connectivity index (χ1) is 7.16. The van der Waals surface area contributed by atoms with Crippen LogP contribution < -0.4 is 0 Å². The maximum Gasteiger partial charge on any atom is 0.302 e. The van der Waals surface area contributed by atoms with E-state index in [1.54, 1.807) is 0 Å².